The Kier molecular flexibility index (Phi) is 5.36. The number of likely N-dealkylation sites (tertiary alicyclic amines) is 1. The lowest BCUT2D eigenvalue weighted by Gasteiger charge is -2.25. The summed E-state index contributed by atoms with van der Waals surface area (Å²) in [6, 6.07) is 5.58. The molecule has 0 aromatic carbocycles. The van der Waals surface area contributed by atoms with Crippen molar-refractivity contribution in [1.82, 2.24) is 19.2 Å². The van der Waals surface area contributed by atoms with Crippen molar-refractivity contribution in [3.8, 4) is 0 Å². The Morgan fingerprint density at radius 1 is 1.20 bits per heavy atom. The normalized spacial score (nSPS) is 14.7. The molecule has 0 unspecified atom stereocenters. The van der Waals surface area contributed by atoms with Gasteiger partial charge in [0.05, 0.1) is 5.52 Å². The van der Waals surface area contributed by atoms with E-state index in [0.717, 1.165) is 38.8 Å². The Morgan fingerprint density at radius 2 is 1.96 bits per heavy atom. The van der Waals surface area contributed by atoms with Crippen LogP contribution in [0, 0.1) is 0 Å². The van der Waals surface area contributed by atoms with Gasteiger partial charge in [-0.1, -0.05) is 19.4 Å². The zero-order valence-corrected chi connectivity index (χ0v) is 15.1. The van der Waals surface area contributed by atoms with Crippen LogP contribution in [0.1, 0.15) is 60.1 Å². The third-order valence-corrected chi connectivity index (χ3v) is 4.78. The van der Waals surface area contributed by atoms with Gasteiger partial charge in [0.2, 0.25) is 5.82 Å². The number of carbonyl (C=O) groups excluding carboxylic acids is 2. The van der Waals surface area contributed by atoms with Crippen LogP contribution in [0.15, 0.2) is 24.4 Å². The van der Waals surface area contributed by atoms with E-state index in [-0.39, 0.29) is 11.8 Å². The zero-order valence-electron chi connectivity index (χ0n) is 15.1. The van der Waals surface area contributed by atoms with Crippen LogP contribution >= 0.6 is 0 Å². The highest BCUT2D eigenvalue weighted by molar-refractivity contribution is 6.02. The van der Waals surface area contributed by atoms with Crippen LogP contribution in [0.2, 0.25) is 0 Å². The maximum atomic E-state index is 12.9. The Morgan fingerprint density at radius 3 is 2.68 bits per heavy atom. The SMILES string of the molecule is CCCCN(C)C(=O)c1nc(C(=O)N2CCCCC2)c2ccccn12. The largest absolute Gasteiger partial charge is 0.339 e. The van der Waals surface area contributed by atoms with E-state index in [1.807, 2.05) is 23.1 Å². The molecule has 3 rings (SSSR count). The minimum atomic E-state index is -0.146. The molecule has 6 heteroatoms. The molecule has 0 N–H and O–H groups in total. The van der Waals surface area contributed by atoms with Gasteiger partial charge in [0.15, 0.2) is 5.69 Å². The monoisotopic (exact) mass is 342 g/mol. The molecule has 0 atom stereocenters. The number of unbranched alkanes of at least 4 members (excludes halogenated alkanes) is 1. The van der Waals surface area contributed by atoms with Crippen LogP contribution < -0.4 is 0 Å². The highest BCUT2D eigenvalue weighted by atomic mass is 16.2. The number of hydrogen-bond acceptors (Lipinski definition) is 3. The molecule has 25 heavy (non-hydrogen) atoms. The van der Waals surface area contributed by atoms with Gasteiger partial charge in [0.1, 0.15) is 0 Å². The first-order valence-corrected chi connectivity index (χ1v) is 9.15. The molecule has 2 amide bonds. The third kappa shape index (κ3) is 3.52. The molecule has 1 aliphatic heterocycles. The van der Waals surface area contributed by atoms with Crippen molar-refractivity contribution in [2.75, 3.05) is 26.7 Å². The van der Waals surface area contributed by atoms with Gasteiger partial charge < -0.3 is 9.80 Å². The van der Waals surface area contributed by atoms with Gasteiger partial charge in [-0.15, -0.1) is 0 Å². The van der Waals surface area contributed by atoms with E-state index in [9.17, 15) is 9.59 Å². The number of piperidine rings is 1. The molecule has 1 aliphatic rings. The minimum absolute atomic E-state index is 0.0707. The van der Waals surface area contributed by atoms with Crippen molar-refractivity contribution in [2.24, 2.45) is 0 Å². The summed E-state index contributed by atoms with van der Waals surface area (Å²) in [5.41, 5.74) is 1.08. The van der Waals surface area contributed by atoms with Crippen LogP contribution in [0.5, 0.6) is 0 Å². The Labute approximate surface area is 148 Å². The summed E-state index contributed by atoms with van der Waals surface area (Å²) in [5.74, 6) is 0.0977. The fourth-order valence-electron chi connectivity index (χ4n) is 3.26. The zero-order chi connectivity index (χ0) is 17.8. The number of carbonyl (C=O) groups is 2. The average molecular weight is 342 g/mol. The number of aromatic nitrogens is 2. The molecule has 0 saturated carbocycles. The molecule has 0 bridgehead atoms. The standard InChI is InChI=1S/C19H26N4O2/c1-3-4-11-21(2)19(25)17-20-16(15-10-6-9-14-23(15)17)18(24)22-12-7-5-8-13-22/h6,9-10,14H,3-5,7-8,11-13H2,1-2H3. The molecule has 2 aromatic heterocycles. The first kappa shape index (κ1) is 17.5. The number of imidazole rings is 1. The van der Waals surface area contributed by atoms with Crippen molar-refractivity contribution in [3.05, 3.63) is 35.9 Å². The molecule has 0 spiro atoms. The lowest BCUT2D eigenvalue weighted by molar-refractivity contribution is 0.0720. The van der Waals surface area contributed by atoms with E-state index in [1.165, 1.54) is 6.42 Å². The quantitative estimate of drug-likeness (QED) is 0.839. The molecule has 0 radical (unpaired) electrons. The van der Waals surface area contributed by atoms with E-state index >= 15 is 0 Å². The smallest absolute Gasteiger partial charge is 0.289 e. The fourth-order valence-corrected chi connectivity index (χ4v) is 3.26. The topological polar surface area (TPSA) is 57.9 Å². The number of amides is 2. The summed E-state index contributed by atoms with van der Waals surface area (Å²) in [7, 11) is 1.79. The first-order valence-electron chi connectivity index (χ1n) is 9.15. The van der Waals surface area contributed by atoms with Gasteiger partial charge >= 0.3 is 0 Å². The summed E-state index contributed by atoms with van der Waals surface area (Å²) in [4.78, 5) is 33.7. The van der Waals surface area contributed by atoms with E-state index in [1.54, 1.807) is 22.5 Å². The van der Waals surface area contributed by atoms with E-state index in [2.05, 4.69) is 11.9 Å². The Bertz CT molecular complexity index is 762. The molecule has 134 valence electrons. The van der Waals surface area contributed by atoms with Crippen LogP contribution in [-0.4, -0.2) is 57.7 Å². The van der Waals surface area contributed by atoms with Gasteiger partial charge in [0, 0.05) is 32.9 Å². The van der Waals surface area contributed by atoms with E-state index in [0.29, 0.717) is 23.6 Å². The maximum absolute atomic E-state index is 12.9. The van der Waals surface area contributed by atoms with Gasteiger partial charge in [-0.05, 0) is 37.8 Å². The maximum Gasteiger partial charge on any atom is 0.289 e. The van der Waals surface area contributed by atoms with Crippen molar-refractivity contribution in [3.63, 3.8) is 0 Å². The predicted octanol–water partition coefficient (Wildman–Crippen LogP) is 2.83. The summed E-state index contributed by atoms with van der Waals surface area (Å²) in [5, 5.41) is 0. The van der Waals surface area contributed by atoms with Gasteiger partial charge in [0.25, 0.3) is 11.8 Å². The summed E-state index contributed by atoms with van der Waals surface area (Å²) in [6.07, 6.45) is 7.01. The Hall–Kier alpha value is -2.37. The summed E-state index contributed by atoms with van der Waals surface area (Å²) < 4.78 is 1.74. The van der Waals surface area contributed by atoms with Crippen molar-refractivity contribution < 1.29 is 9.59 Å². The lowest BCUT2D eigenvalue weighted by Crippen LogP contribution is -2.36. The number of rotatable bonds is 5. The predicted molar refractivity (Wildman–Crippen MR) is 96.8 cm³/mol. The minimum Gasteiger partial charge on any atom is -0.339 e. The molecule has 1 saturated heterocycles. The number of pyridine rings is 1. The molecule has 3 heterocycles. The highest BCUT2D eigenvalue weighted by Gasteiger charge is 2.27. The Balaban J connectivity index is 1.95. The second kappa shape index (κ2) is 7.68. The average Bonchev–Trinajstić information content (AvgIpc) is 3.05. The fraction of sp³-hybridized carbons (Fsp3) is 0.526. The first-order chi connectivity index (χ1) is 12.1. The van der Waals surface area contributed by atoms with Crippen molar-refractivity contribution in [1.29, 1.82) is 0 Å². The molecular formula is C19H26N4O2. The molecule has 2 aromatic rings. The van der Waals surface area contributed by atoms with E-state index in [4.69, 9.17) is 0 Å². The number of hydrogen-bond donors (Lipinski definition) is 0. The molecular weight excluding hydrogens is 316 g/mol. The molecule has 1 fully saturated rings. The van der Waals surface area contributed by atoms with Crippen LogP contribution in [-0.2, 0) is 0 Å². The second-order valence-corrected chi connectivity index (χ2v) is 6.67. The van der Waals surface area contributed by atoms with E-state index < -0.39 is 0 Å². The van der Waals surface area contributed by atoms with Crippen LogP contribution in [0.3, 0.4) is 0 Å². The van der Waals surface area contributed by atoms with Gasteiger partial charge in [-0.2, -0.15) is 0 Å². The molecule has 0 aliphatic carbocycles. The van der Waals surface area contributed by atoms with Gasteiger partial charge in [-0.3, -0.25) is 14.0 Å². The van der Waals surface area contributed by atoms with Crippen LogP contribution in [0.4, 0.5) is 0 Å². The van der Waals surface area contributed by atoms with Crippen LogP contribution in [0.25, 0.3) is 5.52 Å². The highest BCUT2D eigenvalue weighted by Crippen LogP contribution is 2.19. The summed E-state index contributed by atoms with van der Waals surface area (Å²) in [6.45, 7) is 4.32. The number of nitrogens with zero attached hydrogens (tertiary/aromatic N) is 4. The van der Waals surface area contributed by atoms with Crippen molar-refractivity contribution in [2.45, 2.75) is 39.0 Å². The van der Waals surface area contributed by atoms with Gasteiger partial charge in [-0.25, -0.2) is 4.98 Å². The second-order valence-electron chi connectivity index (χ2n) is 6.67. The molecule has 6 nitrogen and oxygen atoms in total. The third-order valence-electron chi connectivity index (χ3n) is 4.78. The van der Waals surface area contributed by atoms with Crippen molar-refractivity contribution >= 4 is 17.3 Å². The lowest BCUT2D eigenvalue weighted by atomic mass is 10.1. The number of fused-ring (bicyclic) bond motifs is 1. The summed E-state index contributed by atoms with van der Waals surface area (Å²) >= 11 is 0.